The zero-order valence-corrected chi connectivity index (χ0v) is 16.6. The number of aryl methyl sites for hydroxylation is 1. The Kier molecular flexibility index (Phi) is 5.63. The molecular formula is C15H14Br3NS. The van der Waals surface area contributed by atoms with E-state index in [2.05, 4.69) is 74.4 Å². The molecule has 106 valence electrons. The van der Waals surface area contributed by atoms with Crippen LogP contribution < -0.4 is 5.32 Å². The number of rotatable bonds is 2. The predicted molar refractivity (Wildman–Crippen MR) is 100 cm³/mol. The molecule has 0 fully saturated rings. The molecule has 0 spiro atoms. The molecule has 0 radical (unpaired) electrons. The van der Waals surface area contributed by atoms with Crippen LogP contribution in [-0.2, 0) is 6.42 Å². The molecule has 0 saturated heterocycles. The van der Waals surface area contributed by atoms with E-state index < -0.39 is 0 Å². The van der Waals surface area contributed by atoms with E-state index in [1.807, 2.05) is 11.8 Å². The normalized spacial score (nSPS) is 11.9. The van der Waals surface area contributed by atoms with E-state index in [-0.39, 0.29) is 17.0 Å². The van der Waals surface area contributed by atoms with Crippen molar-refractivity contribution in [3.05, 3.63) is 44.8 Å². The summed E-state index contributed by atoms with van der Waals surface area (Å²) in [6.07, 6.45) is 2.25. The standard InChI is InChI=1S/C15H13Br2NS.BrH/c1-2-3-9-6-11(17)8-14-15(9)18-12-5-4-10(16)7-13(12)19-14;/h4-8,18H,2-3H2,1H3;1H. The van der Waals surface area contributed by atoms with Crippen molar-refractivity contribution in [3.63, 3.8) is 0 Å². The fraction of sp³-hybridized carbons (Fsp3) is 0.200. The Balaban J connectivity index is 0.00000147. The molecule has 0 aliphatic carbocycles. The Bertz CT molecular complexity index is 643. The first-order valence-electron chi connectivity index (χ1n) is 6.24. The predicted octanol–water partition coefficient (Wildman–Crippen LogP) is 6.95. The van der Waals surface area contributed by atoms with E-state index in [0.29, 0.717) is 0 Å². The lowest BCUT2D eigenvalue weighted by Gasteiger charge is -2.24. The molecule has 1 nitrogen and oxygen atoms in total. The maximum Gasteiger partial charge on any atom is 0.0559 e. The number of anilines is 2. The van der Waals surface area contributed by atoms with E-state index in [1.165, 1.54) is 26.7 Å². The van der Waals surface area contributed by atoms with Crippen molar-refractivity contribution >= 4 is 72.0 Å². The van der Waals surface area contributed by atoms with Gasteiger partial charge < -0.3 is 5.32 Å². The van der Waals surface area contributed by atoms with Crippen molar-refractivity contribution < 1.29 is 0 Å². The minimum atomic E-state index is 0. The van der Waals surface area contributed by atoms with E-state index in [1.54, 1.807) is 0 Å². The molecule has 0 amide bonds. The van der Waals surface area contributed by atoms with Gasteiger partial charge in [-0.25, -0.2) is 0 Å². The highest BCUT2D eigenvalue weighted by molar-refractivity contribution is 9.10. The van der Waals surface area contributed by atoms with Gasteiger partial charge in [0, 0.05) is 18.7 Å². The van der Waals surface area contributed by atoms with E-state index >= 15 is 0 Å². The van der Waals surface area contributed by atoms with Gasteiger partial charge in [-0.2, -0.15) is 0 Å². The summed E-state index contributed by atoms with van der Waals surface area (Å²) in [4.78, 5) is 2.56. The van der Waals surface area contributed by atoms with Gasteiger partial charge in [0.05, 0.1) is 11.4 Å². The van der Waals surface area contributed by atoms with Gasteiger partial charge >= 0.3 is 0 Å². The summed E-state index contributed by atoms with van der Waals surface area (Å²) in [6.45, 7) is 2.22. The maximum absolute atomic E-state index is 3.62. The molecule has 0 atom stereocenters. The summed E-state index contributed by atoms with van der Waals surface area (Å²) in [5, 5.41) is 3.59. The third-order valence-corrected chi connectivity index (χ3v) is 5.14. The fourth-order valence-electron chi connectivity index (χ4n) is 2.26. The molecule has 1 N–H and O–H groups in total. The van der Waals surface area contributed by atoms with E-state index in [0.717, 1.165) is 21.8 Å². The first-order chi connectivity index (χ1) is 9.17. The van der Waals surface area contributed by atoms with Crippen LogP contribution in [0.3, 0.4) is 0 Å². The van der Waals surface area contributed by atoms with Crippen LogP contribution >= 0.6 is 60.6 Å². The molecule has 0 bridgehead atoms. The van der Waals surface area contributed by atoms with Gasteiger partial charge in [-0.15, -0.1) is 17.0 Å². The van der Waals surface area contributed by atoms with Crippen molar-refractivity contribution in [1.29, 1.82) is 0 Å². The number of nitrogens with one attached hydrogen (secondary N) is 1. The van der Waals surface area contributed by atoms with Gasteiger partial charge in [0.1, 0.15) is 0 Å². The Hall–Kier alpha value is 0.0300. The average Bonchev–Trinajstić information content (AvgIpc) is 2.37. The summed E-state index contributed by atoms with van der Waals surface area (Å²) >= 11 is 8.98. The first kappa shape index (κ1) is 16.4. The molecule has 1 heterocycles. The second-order valence-corrected chi connectivity index (χ2v) is 7.47. The SMILES string of the molecule is Br.CCCc1cc(Br)cc2c1Nc1ccc(Br)cc1S2. The molecule has 20 heavy (non-hydrogen) atoms. The first-order valence-corrected chi connectivity index (χ1v) is 8.64. The summed E-state index contributed by atoms with van der Waals surface area (Å²) in [7, 11) is 0. The van der Waals surface area contributed by atoms with Crippen molar-refractivity contribution in [2.75, 3.05) is 5.32 Å². The number of hydrogen-bond donors (Lipinski definition) is 1. The molecule has 0 unspecified atom stereocenters. The van der Waals surface area contributed by atoms with Crippen molar-refractivity contribution in [2.24, 2.45) is 0 Å². The van der Waals surface area contributed by atoms with Crippen LogP contribution in [0.25, 0.3) is 0 Å². The topological polar surface area (TPSA) is 12.0 Å². The molecule has 0 saturated carbocycles. The Morgan fingerprint density at radius 2 is 1.80 bits per heavy atom. The van der Waals surface area contributed by atoms with Crippen LogP contribution in [0.4, 0.5) is 11.4 Å². The van der Waals surface area contributed by atoms with Gasteiger partial charge in [-0.05, 0) is 42.3 Å². The lowest BCUT2D eigenvalue weighted by molar-refractivity contribution is 0.918. The smallest absolute Gasteiger partial charge is 0.0559 e. The van der Waals surface area contributed by atoms with Crippen LogP contribution in [0.1, 0.15) is 18.9 Å². The highest BCUT2D eigenvalue weighted by Crippen LogP contribution is 2.47. The molecule has 1 aliphatic heterocycles. The van der Waals surface area contributed by atoms with Crippen LogP contribution in [0.2, 0.25) is 0 Å². The van der Waals surface area contributed by atoms with Crippen molar-refractivity contribution in [2.45, 2.75) is 29.6 Å². The van der Waals surface area contributed by atoms with Gasteiger partial charge in [0.25, 0.3) is 0 Å². The maximum atomic E-state index is 3.62. The minimum absolute atomic E-state index is 0. The molecule has 2 aromatic rings. The molecule has 5 heteroatoms. The fourth-order valence-corrected chi connectivity index (χ4v) is 4.55. The molecule has 0 aromatic heterocycles. The minimum Gasteiger partial charge on any atom is -0.353 e. The highest BCUT2D eigenvalue weighted by atomic mass is 79.9. The lowest BCUT2D eigenvalue weighted by Crippen LogP contribution is -2.03. The average molecular weight is 480 g/mol. The zero-order chi connectivity index (χ0) is 13.4. The van der Waals surface area contributed by atoms with E-state index in [9.17, 15) is 0 Å². The third-order valence-electron chi connectivity index (χ3n) is 3.09. The monoisotopic (exact) mass is 477 g/mol. The summed E-state index contributed by atoms with van der Waals surface area (Å²) in [5.74, 6) is 0. The Morgan fingerprint density at radius 3 is 2.55 bits per heavy atom. The van der Waals surface area contributed by atoms with Crippen molar-refractivity contribution in [3.8, 4) is 0 Å². The van der Waals surface area contributed by atoms with Crippen LogP contribution in [0.15, 0.2) is 49.1 Å². The molecular weight excluding hydrogens is 466 g/mol. The highest BCUT2D eigenvalue weighted by Gasteiger charge is 2.19. The Morgan fingerprint density at radius 1 is 1.05 bits per heavy atom. The summed E-state index contributed by atoms with van der Waals surface area (Å²) in [6, 6.07) is 10.8. The largest absolute Gasteiger partial charge is 0.353 e. The molecule has 3 rings (SSSR count). The van der Waals surface area contributed by atoms with Gasteiger partial charge in [0.15, 0.2) is 0 Å². The summed E-state index contributed by atoms with van der Waals surface area (Å²) in [5.41, 5.74) is 3.85. The summed E-state index contributed by atoms with van der Waals surface area (Å²) < 4.78 is 2.27. The van der Waals surface area contributed by atoms with Gasteiger partial charge in [0.2, 0.25) is 0 Å². The quantitative estimate of drug-likeness (QED) is 0.426. The van der Waals surface area contributed by atoms with Crippen LogP contribution in [0, 0.1) is 0 Å². The van der Waals surface area contributed by atoms with Gasteiger partial charge in [-0.3, -0.25) is 0 Å². The second kappa shape index (κ2) is 6.86. The second-order valence-electron chi connectivity index (χ2n) is 4.56. The third kappa shape index (κ3) is 3.26. The Labute approximate surface area is 150 Å². The van der Waals surface area contributed by atoms with E-state index in [4.69, 9.17) is 0 Å². The number of fused-ring (bicyclic) bond motifs is 2. The number of halogens is 3. The number of benzene rings is 2. The molecule has 2 aromatic carbocycles. The van der Waals surface area contributed by atoms with Crippen LogP contribution in [-0.4, -0.2) is 0 Å². The van der Waals surface area contributed by atoms with Crippen molar-refractivity contribution in [1.82, 2.24) is 0 Å². The number of hydrogen-bond acceptors (Lipinski definition) is 2. The van der Waals surface area contributed by atoms with Crippen LogP contribution in [0.5, 0.6) is 0 Å². The zero-order valence-electron chi connectivity index (χ0n) is 10.9. The molecule has 1 aliphatic rings. The lowest BCUT2D eigenvalue weighted by atomic mass is 10.1. The van der Waals surface area contributed by atoms with Gasteiger partial charge in [-0.1, -0.05) is 57.0 Å².